The first-order valence-corrected chi connectivity index (χ1v) is 7.24. The van der Waals surface area contributed by atoms with Crippen molar-refractivity contribution in [1.82, 2.24) is 4.90 Å². The Morgan fingerprint density at radius 1 is 1.38 bits per heavy atom. The van der Waals surface area contributed by atoms with Crippen LogP contribution in [0.3, 0.4) is 0 Å². The van der Waals surface area contributed by atoms with Crippen molar-refractivity contribution in [2.75, 3.05) is 26.3 Å². The fraction of sp³-hybridized carbons (Fsp3) is 0.562. The van der Waals surface area contributed by atoms with E-state index in [1.807, 2.05) is 56.0 Å². The highest BCUT2D eigenvalue weighted by atomic mass is 16.6. The van der Waals surface area contributed by atoms with E-state index < -0.39 is 17.3 Å². The monoisotopic (exact) mass is 293 g/mol. The Morgan fingerprint density at radius 3 is 2.62 bits per heavy atom. The minimum Gasteiger partial charge on any atom is -0.480 e. The molecule has 21 heavy (non-hydrogen) atoms. The number of carbonyl (C=O) groups is 1. The third-order valence-corrected chi connectivity index (χ3v) is 3.93. The van der Waals surface area contributed by atoms with Gasteiger partial charge in [-0.05, 0) is 20.8 Å². The van der Waals surface area contributed by atoms with Crippen LogP contribution in [-0.2, 0) is 20.0 Å². The molecule has 1 unspecified atom stereocenters. The highest BCUT2D eigenvalue weighted by Crippen LogP contribution is 2.44. The Labute approximate surface area is 125 Å². The minimum absolute atomic E-state index is 0.0817. The molecule has 0 aliphatic carbocycles. The van der Waals surface area contributed by atoms with Gasteiger partial charge in [0.2, 0.25) is 0 Å². The van der Waals surface area contributed by atoms with Gasteiger partial charge in [-0.15, -0.1) is 0 Å². The van der Waals surface area contributed by atoms with E-state index >= 15 is 0 Å². The molecule has 0 bridgehead atoms. The lowest BCUT2D eigenvalue weighted by molar-refractivity contribution is -0.301. The largest absolute Gasteiger partial charge is 0.480 e. The minimum atomic E-state index is -0.903. The molecule has 0 spiro atoms. The number of rotatable bonds is 5. The summed E-state index contributed by atoms with van der Waals surface area (Å²) in [5, 5.41) is 9.25. The number of carboxylic acids is 1. The summed E-state index contributed by atoms with van der Waals surface area (Å²) >= 11 is 0. The van der Waals surface area contributed by atoms with Crippen molar-refractivity contribution >= 4 is 5.97 Å². The van der Waals surface area contributed by atoms with E-state index in [4.69, 9.17) is 9.47 Å². The lowest BCUT2D eigenvalue weighted by Crippen LogP contribution is -2.67. The lowest BCUT2D eigenvalue weighted by Gasteiger charge is -2.55. The molecular formula is C16H23NO4. The first kappa shape index (κ1) is 15.9. The van der Waals surface area contributed by atoms with E-state index in [9.17, 15) is 9.90 Å². The van der Waals surface area contributed by atoms with Gasteiger partial charge in [-0.2, -0.15) is 0 Å². The molecule has 0 saturated carbocycles. The summed E-state index contributed by atoms with van der Waals surface area (Å²) in [5.41, 5.74) is -0.643. The van der Waals surface area contributed by atoms with Crippen LogP contribution in [0.5, 0.6) is 0 Å². The van der Waals surface area contributed by atoms with Crippen LogP contribution < -0.4 is 0 Å². The van der Waals surface area contributed by atoms with Crippen molar-refractivity contribution in [2.24, 2.45) is 0 Å². The zero-order valence-electron chi connectivity index (χ0n) is 12.8. The summed E-state index contributed by atoms with van der Waals surface area (Å²) in [6.45, 7) is 7.20. The average Bonchev–Trinajstić information content (AvgIpc) is 2.43. The summed E-state index contributed by atoms with van der Waals surface area (Å²) in [6.07, 6.45) is 0. The van der Waals surface area contributed by atoms with Crippen molar-refractivity contribution in [3.05, 3.63) is 35.9 Å². The molecule has 1 saturated heterocycles. The molecule has 0 amide bonds. The summed E-state index contributed by atoms with van der Waals surface area (Å²) < 4.78 is 12.1. The van der Waals surface area contributed by atoms with Gasteiger partial charge >= 0.3 is 5.97 Å². The Balaban J connectivity index is 2.55. The van der Waals surface area contributed by atoms with Crippen molar-refractivity contribution in [1.29, 1.82) is 0 Å². The van der Waals surface area contributed by atoms with Crippen LogP contribution in [-0.4, -0.2) is 47.9 Å². The van der Waals surface area contributed by atoms with E-state index in [1.54, 1.807) is 0 Å². The molecule has 1 fully saturated rings. The zero-order chi connectivity index (χ0) is 15.5. The maximum atomic E-state index is 11.3. The smallest absolute Gasteiger partial charge is 0.317 e. The van der Waals surface area contributed by atoms with Gasteiger partial charge in [0.05, 0.1) is 13.2 Å². The van der Waals surface area contributed by atoms with Gasteiger partial charge < -0.3 is 14.6 Å². The fourth-order valence-electron chi connectivity index (χ4n) is 3.15. The second kappa shape index (κ2) is 6.13. The van der Waals surface area contributed by atoms with Crippen LogP contribution in [0.25, 0.3) is 0 Å². The Morgan fingerprint density at radius 2 is 2.05 bits per heavy atom. The molecule has 1 atom stereocenters. The molecule has 2 rings (SSSR count). The first-order chi connectivity index (χ1) is 9.94. The number of nitrogens with zero attached hydrogens (tertiary/aromatic N) is 1. The average molecular weight is 293 g/mol. The van der Waals surface area contributed by atoms with Crippen LogP contribution in [0.15, 0.2) is 30.3 Å². The van der Waals surface area contributed by atoms with E-state index in [0.717, 1.165) is 5.56 Å². The van der Waals surface area contributed by atoms with Crippen molar-refractivity contribution < 1.29 is 19.4 Å². The third kappa shape index (κ3) is 2.81. The number of carboxylic acid groups (broad SMARTS) is 1. The van der Waals surface area contributed by atoms with Crippen molar-refractivity contribution in [2.45, 2.75) is 32.1 Å². The second-order valence-corrected chi connectivity index (χ2v) is 5.62. The molecule has 5 nitrogen and oxygen atoms in total. The second-order valence-electron chi connectivity index (χ2n) is 5.62. The van der Waals surface area contributed by atoms with Crippen LogP contribution >= 0.6 is 0 Å². The SMILES string of the molecule is CCOC1(c2ccccc2)N(CC(=O)O)CCOC1(C)C. The number of morpholine rings is 1. The van der Waals surface area contributed by atoms with Gasteiger partial charge in [-0.3, -0.25) is 9.69 Å². The molecule has 0 aromatic heterocycles. The summed E-state index contributed by atoms with van der Waals surface area (Å²) in [4.78, 5) is 13.1. The van der Waals surface area contributed by atoms with Gasteiger partial charge in [-0.1, -0.05) is 30.3 Å². The predicted octanol–water partition coefficient (Wildman–Crippen LogP) is 2.07. The molecule has 1 aliphatic heterocycles. The van der Waals surface area contributed by atoms with Gasteiger partial charge in [0.1, 0.15) is 5.60 Å². The lowest BCUT2D eigenvalue weighted by atomic mass is 9.83. The molecule has 1 heterocycles. The topological polar surface area (TPSA) is 59.0 Å². The summed E-state index contributed by atoms with van der Waals surface area (Å²) in [5.74, 6) is -0.868. The third-order valence-electron chi connectivity index (χ3n) is 3.93. The fourth-order valence-corrected chi connectivity index (χ4v) is 3.15. The molecule has 0 radical (unpaired) electrons. The quantitative estimate of drug-likeness (QED) is 0.900. The van der Waals surface area contributed by atoms with E-state index in [2.05, 4.69) is 0 Å². The molecule has 116 valence electrons. The van der Waals surface area contributed by atoms with Gasteiger partial charge in [-0.25, -0.2) is 0 Å². The normalized spacial score (nSPS) is 25.7. The maximum Gasteiger partial charge on any atom is 0.317 e. The first-order valence-electron chi connectivity index (χ1n) is 7.24. The summed E-state index contributed by atoms with van der Waals surface area (Å²) in [7, 11) is 0. The highest BCUT2D eigenvalue weighted by molar-refractivity contribution is 5.69. The Hall–Kier alpha value is -1.43. The number of hydrogen-bond acceptors (Lipinski definition) is 4. The highest BCUT2D eigenvalue weighted by Gasteiger charge is 2.55. The molecule has 1 N–H and O–H groups in total. The standard InChI is InChI=1S/C16H23NO4/c1-4-20-16(13-8-6-5-7-9-13)15(2,3)21-11-10-17(16)12-14(18)19/h5-9H,4,10-12H2,1-3H3,(H,18,19). The van der Waals surface area contributed by atoms with Crippen LogP contribution in [0.2, 0.25) is 0 Å². The van der Waals surface area contributed by atoms with Crippen LogP contribution in [0, 0.1) is 0 Å². The molecule has 1 aliphatic rings. The molecule has 1 aromatic rings. The number of aliphatic carboxylic acids is 1. The van der Waals surface area contributed by atoms with E-state index in [1.165, 1.54) is 0 Å². The predicted molar refractivity (Wildman–Crippen MR) is 79.0 cm³/mol. The molecule has 1 aromatic carbocycles. The molecular weight excluding hydrogens is 270 g/mol. The Bertz CT molecular complexity index is 488. The summed E-state index contributed by atoms with van der Waals surface area (Å²) in [6, 6.07) is 9.71. The Kier molecular flexibility index (Phi) is 4.66. The van der Waals surface area contributed by atoms with E-state index in [-0.39, 0.29) is 6.54 Å². The number of hydrogen-bond donors (Lipinski definition) is 1. The molecule has 5 heteroatoms. The van der Waals surface area contributed by atoms with Crippen LogP contribution in [0.1, 0.15) is 26.3 Å². The van der Waals surface area contributed by atoms with Gasteiger partial charge in [0.25, 0.3) is 0 Å². The zero-order valence-corrected chi connectivity index (χ0v) is 12.8. The van der Waals surface area contributed by atoms with E-state index in [0.29, 0.717) is 19.8 Å². The number of benzene rings is 1. The van der Waals surface area contributed by atoms with Crippen molar-refractivity contribution in [3.8, 4) is 0 Å². The maximum absolute atomic E-state index is 11.3. The number of ether oxygens (including phenoxy) is 2. The van der Waals surface area contributed by atoms with Crippen molar-refractivity contribution in [3.63, 3.8) is 0 Å². The van der Waals surface area contributed by atoms with Gasteiger partial charge in [0, 0.05) is 18.7 Å². The van der Waals surface area contributed by atoms with Crippen LogP contribution in [0.4, 0.5) is 0 Å². The van der Waals surface area contributed by atoms with Gasteiger partial charge in [0.15, 0.2) is 5.72 Å².